The lowest BCUT2D eigenvalue weighted by Gasteiger charge is -2.20. The third kappa shape index (κ3) is 3.27. The number of aromatic nitrogens is 4. The van der Waals surface area contributed by atoms with E-state index in [0.717, 1.165) is 5.56 Å². The van der Waals surface area contributed by atoms with Crippen LogP contribution in [0.3, 0.4) is 0 Å². The minimum absolute atomic E-state index is 0.0728. The van der Waals surface area contributed by atoms with Crippen LogP contribution in [0, 0.1) is 18.3 Å². The number of ether oxygens (including phenoxy) is 1. The van der Waals surface area contributed by atoms with E-state index in [-0.39, 0.29) is 34.3 Å². The summed E-state index contributed by atoms with van der Waals surface area (Å²) in [5.74, 6) is 0.167. The van der Waals surface area contributed by atoms with Gasteiger partial charge in [0.1, 0.15) is 23.6 Å². The van der Waals surface area contributed by atoms with Crippen molar-refractivity contribution in [2.45, 2.75) is 31.3 Å². The van der Waals surface area contributed by atoms with Crippen molar-refractivity contribution in [2.75, 3.05) is 11.5 Å². The highest BCUT2D eigenvalue weighted by molar-refractivity contribution is 7.91. The van der Waals surface area contributed by atoms with Gasteiger partial charge >= 0.3 is 0 Å². The zero-order valence-electron chi connectivity index (χ0n) is 16.7. The number of hydrogen-bond donors (Lipinski definition) is 1. The number of rotatable bonds is 0. The molecule has 0 aliphatic carbocycles. The van der Waals surface area contributed by atoms with E-state index in [1.165, 1.54) is 4.68 Å². The molecule has 1 aromatic carbocycles. The second-order valence-electron chi connectivity index (χ2n) is 7.26. The molecule has 4 rings (SSSR count). The van der Waals surface area contributed by atoms with Crippen LogP contribution in [-0.4, -0.2) is 34.1 Å². The Bertz CT molecular complexity index is 1310. The average molecular weight is 424 g/mol. The van der Waals surface area contributed by atoms with Gasteiger partial charge in [0.05, 0.1) is 21.9 Å². The van der Waals surface area contributed by atoms with Gasteiger partial charge in [-0.3, -0.25) is 4.68 Å². The number of anilines is 1. The van der Waals surface area contributed by atoms with E-state index in [1.54, 1.807) is 38.2 Å². The number of nitrogen functional groups attached to an aromatic ring is 1. The second kappa shape index (κ2) is 7.11. The van der Waals surface area contributed by atoms with Gasteiger partial charge in [0.2, 0.25) is 0 Å². The molecular formula is C20H20N6O3S. The quantitative estimate of drug-likeness (QED) is 0.579. The Morgan fingerprint density at radius 1 is 1.30 bits per heavy atom. The molecule has 30 heavy (non-hydrogen) atoms. The molecule has 2 N–H and O–H groups in total. The monoisotopic (exact) mass is 424 g/mol. The van der Waals surface area contributed by atoms with Gasteiger partial charge in [-0.1, -0.05) is 17.7 Å². The molecular weight excluding hydrogens is 404 g/mol. The van der Waals surface area contributed by atoms with Crippen molar-refractivity contribution in [1.29, 1.82) is 5.26 Å². The topological polar surface area (TPSA) is 137 Å². The van der Waals surface area contributed by atoms with Gasteiger partial charge in [0.15, 0.2) is 21.4 Å². The standard InChI is InChI=1S/C20H20N6O3S/c1-11-4-5-18-13(8-11)12(2)29-17-9-15(23-24-20(17)22)19-14(6-7-30(18,27)28)25-26(3)16(19)10-21/h4-5,8-9,12H,6-7H2,1-3H3,(H2,22,24)/t12-/m1/s1. The van der Waals surface area contributed by atoms with Gasteiger partial charge in [-0.2, -0.15) is 10.4 Å². The Hall–Kier alpha value is -3.45. The van der Waals surface area contributed by atoms with Crippen LogP contribution in [0.1, 0.15) is 35.5 Å². The summed E-state index contributed by atoms with van der Waals surface area (Å²) in [6.45, 7) is 3.65. The van der Waals surface area contributed by atoms with Gasteiger partial charge in [-0.25, -0.2) is 8.42 Å². The molecule has 1 aliphatic heterocycles. The molecule has 9 nitrogen and oxygen atoms in total. The molecule has 0 saturated carbocycles. The van der Waals surface area contributed by atoms with Crippen molar-refractivity contribution < 1.29 is 13.2 Å². The number of nitrogens with two attached hydrogens (primary N) is 1. The first-order valence-corrected chi connectivity index (χ1v) is 11.0. The SMILES string of the molecule is Cc1ccc2c(c1)[C@@H](C)Oc1cc(nnc1N)-c1c(nn(C)c1C#N)CCS2(=O)=O. The number of benzene rings is 1. The molecule has 0 fully saturated rings. The number of hydrogen-bond acceptors (Lipinski definition) is 8. The van der Waals surface area contributed by atoms with Gasteiger partial charge in [-0.05, 0) is 19.9 Å². The maximum Gasteiger partial charge on any atom is 0.188 e. The molecule has 154 valence electrons. The van der Waals surface area contributed by atoms with Crippen LogP contribution < -0.4 is 10.5 Å². The summed E-state index contributed by atoms with van der Waals surface area (Å²) < 4.78 is 33.8. The van der Waals surface area contributed by atoms with Crippen LogP contribution in [-0.2, 0) is 23.3 Å². The lowest BCUT2D eigenvalue weighted by Crippen LogP contribution is -2.16. The number of nitrogens with zero attached hydrogens (tertiary/aromatic N) is 5. The first-order valence-electron chi connectivity index (χ1n) is 9.30. The number of aryl methyl sites for hydroxylation is 3. The zero-order chi connectivity index (χ0) is 21.6. The van der Waals surface area contributed by atoms with Gasteiger partial charge in [0, 0.05) is 25.1 Å². The van der Waals surface area contributed by atoms with E-state index in [0.29, 0.717) is 22.5 Å². The van der Waals surface area contributed by atoms with Gasteiger partial charge in [0.25, 0.3) is 0 Å². The lowest BCUT2D eigenvalue weighted by atomic mass is 10.1. The molecule has 0 unspecified atom stereocenters. The maximum atomic E-state index is 13.2. The summed E-state index contributed by atoms with van der Waals surface area (Å²) in [7, 11) is -2.02. The second-order valence-corrected chi connectivity index (χ2v) is 9.33. The Morgan fingerprint density at radius 3 is 2.80 bits per heavy atom. The highest BCUT2D eigenvalue weighted by atomic mass is 32.2. The summed E-state index contributed by atoms with van der Waals surface area (Å²) in [6.07, 6.45) is -0.478. The minimum Gasteiger partial charge on any atom is -0.482 e. The Labute approximate surface area is 174 Å². The summed E-state index contributed by atoms with van der Waals surface area (Å²) in [4.78, 5) is 0.208. The van der Waals surface area contributed by atoms with Crippen molar-refractivity contribution in [2.24, 2.45) is 7.05 Å². The van der Waals surface area contributed by atoms with Crippen LogP contribution >= 0.6 is 0 Å². The van der Waals surface area contributed by atoms with Crippen molar-refractivity contribution in [3.63, 3.8) is 0 Å². The molecule has 1 atom stereocenters. The van der Waals surface area contributed by atoms with E-state index in [4.69, 9.17) is 10.5 Å². The van der Waals surface area contributed by atoms with Gasteiger partial charge in [-0.15, -0.1) is 10.2 Å². The van der Waals surface area contributed by atoms with Crippen molar-refractivity contribution in [3.05, 3.63) is 46.8 Å². The molecule has 0 saturated heterocycles. The molecule has 0 spiro atoms. The smallest absolute Gasteiger partial charge is 0.188 e. The molecule has 2 bridgehead atoms. The summed E-state index contributed by atoms with van der Waals surface area (Å²) in [6, 6.07) is 8.88. The Morgan fingerprint density at radius 2 is 2.07 bits per heavy atom. The normalized spacial score (nSPS) is 17.5. The molecule has 10 heteroatoms. The van der Waals surface area contributed by atoms with E-state index >= 15 is 0 Å². The predicted molar refractivity (Wildman–Crippen MR) is 109 cm³/mol. The highest BCUT2D eigenvalue weighted by Gasteiger charge is 2.28. The van der Waals surface area contributed by atoms with Crippen LogP contribution in [0.15, 0.2) is 29.2 Å². The third-order valence-corrected chi connectivity index (χ3v) is 6.90. The zero-order valence-corrected chi connectivity index (χ0v) is 17.6. The number of sulfone groups is 1. The molecule has 0 amide bonds. The van der Waals surface area contributed by atoms with E-state index < -0.39 is 15.9 Å². The van der Waals surface area contributed by atoms with E-state index in [2.05, 4.69) is 21.4 Å². The fraction of sp³-hybridized carbons (Fsp3) is 0.300. The molecule has 3 heterocycles. The lowest BCUT2D eigenvalue weighted by molar-refractivity contribution is 0.224. The van der Waals surface area contributed by atoms with Crippen LogP contribution in [0.4, 0.5) is 5.82 Å². The Kier molecular flexibility index (Phi) is 4.70. The van der Waals surface area contributed by atoms with Crippen LogP contribution in [0.25, 0.3) is 11.3 Å². The first-order chi connectivity index (χ1) is 14.2. The minimum atomic E-state index is -3.64. The highest BCUT2D eigenvalue weighted by Crippen LogP contribution is 2.35. The predicted octanol–water partition coefficient (Wildman–Crippen LogP) is 2.11. The van der Waals surface area contributed by atoms with E-state index in [1.807, 2.05) is 6.92 Å². The van der Waals surface area contributed by atoms with Crippen LogP contribution in [0.5, 0.6) is 5.75 Å². The van der Waals surface area contributed by atoms with Gasteiger partial charge < -0.3 is 10.5 Å². The van der Waals surface area contributed by atoms with Crippen molar-refractivity contribution in [3.8, 4) is 23.1 Å². The first kappa shape index (κ1) is 19.8. The number of fused-ring (bicyclic) bond motifs is 5. The summed E-state index contributed by atoms with van der Waals surface area (Å²) >= 11 is 0. The fourth-order valence-corrected chi connectivity index (χ4v) is 5.16. The summed E-state index contributed by atoms with van der Waals surface area (Å²) in [5.41, 5.74) is 8.93. The average Bonchev–Trinajstić information content (AvgIpc) is 3.02. The third-order valence-electron chi connectivity index (χ3n) is 5.12. The molecule has 1 aliphatic rings. The Balaban J connectivity index is 1.99. The maximum absolute atomic E-state index is 13.2. The molecule has 2 aromatic heterocycles. The fourth-order valence-electron chi connectivity index (χ4n) is 3.62. The van der Waals surface area contributed by atoms with E-state index in [9.17, 15) is 13.7 Å². The number of nitriles is 1. The summed E-state index contributed by atoms with van der Waals surface area (Å²) in [5, 5.41) is 22.1. The van der Waals surface area contributed by atoms with Crippen LogP contribution in [0.2, 0.25) is 0 Å². The van der Waals surface area contributed by atoms with Crippen molar-refractivity contribution in [1.82, 2.24) is 20.0 Å². The largest absolute Gasteiger partial charge is 0.482 e. The molecule has 0 radical (unpaired) electrons. The molecule has 3 aromatic rings. The van der Waals surface area contributed by atoms with Crippen molar-refractivity contribution >= 4 is 15.7 Å².